The van der Waals surface area contributed by atoms with E-state index in [-0.39, 0.29) is 5.91 Å². The number of benzene rings is 3. The van der Waals surface area contributed by atoms with Crippen LogP contribution in [-0.2, 0) is 0 Å². The molecule has 0 bridgehead atoms. The van der Waals surface area contributed by atoms with E-state index in [1.54, 1.807) is 0 Å². The van der Waals surface area contributed by atoms with Crippen molar-refractivity contribution in [2.24, 2.45) is 0 Å². The van der Waals surface area contributed by atoms with Crippen LogP contribution in [0, 0.1) is 13.8 Å². The second-order valence-corrected chi connectivity index (χ2v) is 6.04. The number of carbonyl (C=O) groups is 1. The Morgan fingerprint density at radius 2 is 1.75 bits per heavy atom. The maximum absolute atomic E-state index is 12.6. The molecule has 1 aromatic heterocycles. The average molecular weight is 315 g/mol. The highest BCUT2D eigenvalue weighted by Crippen LogP contribution is 2.32. The van der Waals surface area contributed by atoms with Gasteiger partial charge in [0.2, 0.25) is 0 Å². The van der Waals surface area contributed by atoms with Gasteiger partial charge in [-0.2, -0.15) is 0 Å². The number of hydrogen-bond donors (Lipinski definition) is 1. The molecule has 1 N–H and O–H groups in total. The first kappa shape index (κ1) is 14.5. The molecule has 0 saturated carbocycles. The highest BCUT2D eigenvalue weighted by molar-refractivity contribution is 6.11. The summed E-state index contributed by atoms with van der Waals surface area (Å²) in [6, 6.07) is 19.8. The fourth-order valence-corrected chi connectivity index (χ4v) is 3.08. The van der Waals surface area contributed by atoms with E-state index in [0.717, 1.165) is 38.6 Å². The van der Waals surface area contributed by atoms with E-state index < -0.39 is 0 Å². The number of anilines is 1. The van der Waals surface area contributed by atoms with Gasteiger partial charge < -0.3 is 9.73 Å². The Hall–Kier alpha value is -3.07. The molecule has 0 fully saturated rings. The molecule has 0 atom stereocenters. The molecule has 3 nitrogen and oxygen atoms in total. The first-order chi connectivity index (χ1) is 11.6. The van der Waals surface area contributed by atoms with Crippen molar-refractivity contribution < 1.29 is 9.21 Å². The Labute approximate surface area is 139 Å². The van der Waals surface area contributed by atoms with Gasteiger partial charge in [-0.25, -0.2) is 0 Å². The molecule has 1 amide bonds. The summed E-state index contributed by atoms with van der Waals surface area (Å²) in [6.45, 7) is 3.92. The van der Waals surface area contributed by atoms with Crippen molar-refractivity contribution in [1.82, 2.24) is 0 Å². The van der Waals surface area contributed by atoms with Crippen molar-refractivity contribution in [3.63, 3.8) is 0 Å². The molecule has 3 aromatic carbocycles. The molecular formula is C21H17NO2. The Morgan fingerprint density at radius 1 is 0.917 bits per heavy atom. The molecule has 0 aliphatic carbocycles. The predicted molar refractivity (Wildman–Crippen MR) is 97.6 cm³/mol. The number of amides is 1. The third kappa shape index (κ3) is 2.35. The zero-order valence-corrected chi connectivity index (χ0v) is 13.6. The SMILES string of the molecule is Cc1cccc(NC(=O)c2oc3c(ccc4ccccc43)c2C)c1. The van der Waals surface area contributed by atoms with Gasteiger partial charge in [-0.15, -0.1) is 0 Å². The fourth-order valence-electron chi connectivity index (χ4n) is 3.08. The summed E-state index contributed by atoms with van der Waals surface area (Å²) in [4.78, 5) is 12.6. The second kappa shape index (κ2) is 5.53. The number of carbonyl (C=O) groups excluding carboxylic acids is 1. The zero-order chi connectivity index (χ0) is 16.7. The second-order valence-electron chi connectivity index (χ2n) is 6.04. The smallest absolute Gasteiger partial charge is 0.291 e. The maximum atomic E-state index is 12.6. The van der Waals surface area contributed by atoms with Crippen molar-refractivity contribution in [1.29, 1.82) is 0 Å². The highest BCUT2D eigenvalue weighted by atomic mass is 16.3. The first-order valence-electron chi connectivity index (χ1n) is 7.92. The third-order valence-electron chi connectivity index (χ3n) is 4.31. The van der Waals surface area contributed by atoms with Gasteiger partial charge in [0.1, 0.15) is 5.58 Å². The lowest BCUT2D eigenvalue weighted by molar-refractivity contribution is 0.0998. The summed E-state index contributed by atoms with van der Waals surface area (Å²) in [7, 11) is 0. The predicted octanol–water partition coefficient (Wildman–Crippen LogP) is 5.46. The number of nitrogens with one attached hydrogen (secondary N) is 1. The molecule has 1 heterocycles. The van der Waals surface area contributed by atoms with Crippen LogP contribution in [0.1, 0.15) is 21.7 Å². The lowest BCUT2D eigenvalue weighted by Crippen LogP contribution is -2.12. The van der Waals surface area contributed by atoms with Crippen molar-refractivity contribution in [3.8, 4) is 0 Å². The van der Waals surface area contributed by atoms with Gasteiger partial charge in [0, 0.05) is 22.0 Å². The van der Waals surface area contributed by atoms with Crippen molar-refractivity contribution in [3.05, 3.63) is 77.6 Å². The molecular weight excluding hydrogens is 298 g/mol. The minimum Gasteiger partial charge on any atom is -0.450 e. The molecule has 0 aliphatic rings. The lowest BCUT2D eigenvalue weighted by atomic mass is 10.1. The number of rotatable bonds is 2. The summed E-state index contributed by atoms with van der Waals surface area (Å²) in [6.07, 6.45) is 0. The standard InChI is InChI=1S/C21H17NO2/c1-13-6-5-8-16(12-13)22-21(23)19-14(2)17-11-10-15-7-3-4-9-18(15)20(17)24-19/h3-12H,1-2H3,(H,22,23). The lowest BCUT2D eigenvalue weighted by Gasteiger charge is -2.04. The monoisotopic (exact) mass is 315 g/mol. The van der Waals surface area contributed by atoms with Crippen molar-refractivity contribution >= 4 is 33.3 Å². The van der Waals surface area contributed by atoms with Gasteiger partial charge in [-0.1, -0.05) is 48.5 Å². The zero-order valence-electron chi connectivity index (χ0n) is 13.6. The quantitative estimate of drug-likeness (QED) is 0.534. The largest absolute Gasteiger partial charge is 0.450 e. The number of hydrogen-bond acceptors (Lipinski definition) is 2. The van der Waals surface area contributed by atoms with Gasteiger partial charge >= 0.3 is 0 Å². The first-order valence-corrected chi connectivity index (χ1v) is 7.92. The van der Waals surface area contributed by atoms with E-state index in [1.807, 2.05) is 68.4 Å². The van der Waals surface area contributed by atoms with Crippen molar-refractivity contribution in [2.75, 3.05) is 5.32 Å². The summed E-state index contributed by atoms with van der Waals surface area (Å²) in [5, 5.41) is 6.01. The molecule has 0 radical (unpaired) electrons. The van der Waals surface area contributed by atoms with Gasteiger partial charge in [0.05, 0.1) is 0 Å². The van der Waals surface area contributed by atoms with Crippen LogP contribution in [0.4, 0.5) is 5.69 Å². The van der Waals surface area contributed by atoms with Gasteiger partial charge in [-0.05, 0) is 36.9 Å². The van der Waals surface area contributed by atoms with Crippen LogP contribution < -0.4 is 5.32 Å². The van der Waals surface area contributed by atoms with Crippen molar-refractivity contribution in [2.45, 2.75) is 13.8 Å². The van der Waals surface area contributed by atoms with E-state index >= 15 is 0 Å². The van der Waals surface area contributed by atoms with Crippen LogP contribution in [0.5, 0.6) is 0 Å². The molecule has 4 rings (SSSR count). The number of furan rings is 1. The normalized spacial score (nSPS) is 11.1. The molecule has 4 aromatic rings. The van der Waals surface area contributed by atoms with Crippen LogP contribution in [0.25, 0.3) is 21.7 Å². The van der Waals surface area contributed by atoms with E-state index in [4.69, 9.17) is 4.42 Å². The van der Waals surface area contributed by atoms with E-state index in [1.165, 1.54) is 0 Å². The fraction of sp³-hybridized carbons (Fsp3) is 0.0952. The van der Waals surface area contributed by atoms with Crippen LogP contribution in [0.2, 0.25) is 0 Å². The number of aryl methyl sites for hydroxylation is 2. The molecule has 0 aliphatic heterocycles. The molecule has 0 spiro atoms. The third-order valence-corrected chi connectivity index (χ3v) is 4.31. The van der Waals surface area contributed by atoms with E-state index in [2.05, 4.69) is 11.4 Å². The maximum Gasteiger partial charge on any atom is 0.291 e. The van der Waals surface area contributed by atoms with Gasteiger partial charge in [-0.3, -0.25) is 4.79 Å². The minimum absolute atomic E-state index is 0.224. The minimum atomic E-state index is -0.224. The van der Waals surface area contributed by atoms with Crippen LogP contribution in [0.15, 0.2) is 65.1 Å². The molecule has 0 unspecified atom stereocenters. The average Bonchev–Trinajstić information content (AvgIpc) is 2.92. The highest BCUT2D eigenvalue weighted by Gasteiger charge is 2.19. The summed E-state index contributed by atoms with van der Waals surface area (Å²) < 4.78 is 5.96. The topological polar surface area (TPSA) is 42.2 Å². The Bertz CT molecular complexity index is 1080. The Kier molecular flexibility index (Phi) is 3.35. The van der Waals surface area contributed by atoms with Crippen LogP contribution in [0.3, 0.4) is 0 Å². The van der Waals surface area contributed by atoms with E-state index in [0.29, 0.717) is 5.76 Å². The molecule has 24 heavy (non-hydrogen) atoms. The molecule has 3 heteroatoms. The Morgan fingerprint density at radius 3 is 2.58 bits per heavy atom. The van der Waals surface area contributed by atoms with Crippen LogP contribution >= 0.6 is 0 Å². The summed E-state index contributed by atoms with van der Waals surface area (Å²) >= 11 is 0. The number of fused-ring (bicyclic) bond motifs is 3. The van der Waals surface area contributed by atoms with Gasteiger partial charge in [0.25, 0.3) is 5.91 Å². The Balaban J connectivity index is 1.80. The van der Waals surface area contributed by atoms with E-state index in [9.17, 15) is 4.79 Å². The molecule has 0 saturated heterocycles. The molecule has 118 valence electrons. The van der Waals surface area contributed by atoms with Gasteiger partial charge in [0.15, 0.2) is 5.76 Å². The summed E-state index contributed by atoms with van der Waals surface area (Å²) in [5.74, 6) is 0.140. The van der Waals surface area contributed by atoms with Crippen LogP contribution in [-0.4, -0.2) is 5.91 Å². The summed E-state index contributed by atoms with van der Waals surface area (Å²) in [5.41, 5.74) is 3.49.